The highest BCUT2D eigenvalue weighted by Crippen LogP contribution is 2.35. The van der Waals surface area contributed by atoms with Gasteiger partial charge < -0.3 is 9.84 Å². The van der Waals surface area contributed by atoms with E-state index in [9.17, 15) is 9.90 Å². The molecule has 0 saturated heterocycles. The molecule has 0 aliphatic rings. The first kappa shape index (κ1) is 18.4. The minimum atomic E-state index is -1.05. The summed E-state index contributed by atoms with van der Waals surface area (Å²) in [6.07, 6.45) is 0.646. The smallest absolute Gasteiger partial charge is 0.356 e. The number of aromatic nitrogens is 3. The van der Waals surface area contributed by atoms with Crippen molar-refractivity contribution in [1.82, 2.24) is 14.6 Å². The van der Waals surface area contributed by atoms with Crippen molar-refractivity contribution in [2.24, 2.45) is 0 Å². The number of methoxy groups -OCH3 is 1. The molecule has 0 amide bonds. The molecule has 0 spiro atoms. The average Bonchev–Trinajstić information content (AvgIpc) is 2.99. The molecule has 3 aromatic heterocycles. The van der Waals surface area contributed by atoms with Crippen LogP contribution in [0.15, 0.2) is 36.5 Å². The van der Waals surface area contributed by atoms with Crippen molar-refractivity contribution in [2.45, 2.75) is 32.3 Å². The van der Waals surface area contributed by atoms with Gasteiger partial charge in [-0.2, -0.15) is 5.10 Å². The molecule has 1 unspecified atom stereocenters. The summed E-state index contributed by atoms with van der Waals surface area (Å²) in [5.74, 6) is -0.554. The van der Waals surface area contributed by atoms with E-state index in [-0.39, 0.29) is 11.1 Å². The topological polar surface area (TPSA) is 76.7 Å². The van der Waals surface area contributed by atoms with Crippen molar-refractivity contribution >= 4 is 23.1 Å². The molecule has 0 aromatic carbocycles. The Balaban J connectivity index is 2.19. The number of aliphatic hydroxyl groups is 1. The number of nitrogens with zero attached hydrogens (tertiary/aromatic N) is 3. The monoisotopic (exact) mass is 373 g/mol. The Morgan fingerprint density at radius 2 is 2.00 bits per heavy atom. The number of hydrogen-bond donors (Lipinski definition) is 1. The third-order valence-corrected chi connectivity index (χ3v) is 4.28. The number of aliphatic hydroxyl groups excluding tert-OH is 1. The zero-order valence-corrected chi connectivity index (χ0v) is 15.8. The number of ether oxygens (including phenoxy) is 1. The molecule has 1 atom stereocenters. The normalized spacial score (nSPS) is 13.0. The lowest BCUT2D eigenvalue weighted by atomic mass is 9.86. The largest absolute Gasteiger partial charge is 0.464 e. The fourth-order valence-electron chi connectivity index (χ4n) is 2.84. The molecule has 0 saturated carbocycles. The number of carbonyl (C=O) groups is 1. The van der Waals surface area contributed by atoms with Crippen molar-refractivity contribution in [3.63, 3.8) is 0 Å². The molecule has 7 heteroatoms. The van der Waals surface area contributed by atoms with Crippen LogP contribution in [0.3, 0.4) is 0 Å². The van der Waals surface area contributed by atoms with E-state index in [4.69, 9.17) is 16.3 Å². The zero-order valence-electron chi connectivity index (χ0n) is 15.0. The van der Waals surface area contributed by atoms with E-state index in [0.29, 0.717) is 16.3 Å². The number of fused-ring (bicyclic) bond motifs is 1. The van der Waals surface area contributed by atoms with Crippen molar-refractivity contribution < 1.29 is 14.6 Å². The summed E-state index contributed by atoms with van der Waals surface area (Å²) in [6, 6.07) is 8.44. The lowest BCUT2D eigenvalue weighted by Gasteiger charge is -2.20. The van der Waals surface area contributed by atoms with Gasteiger partial charge in [0.25, 0.3) is 0 Å². The molecule has 1 N–H and O–H groups in total. The third kappa shape index (κ3) is 3.30. The first-order valence-electron chi connectivity index (χ1n) is 8.14. The van der Waals surface area contributed by atoms with Crippen molar-refractivity contribution in [3.8, 4) is 0 Å². The summed E-state index contributed by atoms with van der Waals surface area (Å²) >= 11 is 6.08. The molecule has 0 radical (unpaired) electrons. The molecule has 0 aliphatic heterocycles. The Kier molecular flexibility index (Phi) is 4.73. The molecule has 0 bridgehead atoms. The molecular formula is C19H20ClN3O3. The Hall–Kier alpha value is -2.44. The van der Waals surface area contributed by atoms with Crippen LogP contribution < -0.4 is 0 Å². The lowest BCUT2D eigenvalue weighted by molar-refractivity contribution is 0.0593. The Morgan fingerprint density at radius 3 is 2.65 bits per heavy atom. The summed E-state index contributed by atoms with van der Waals surface area (Å²) in [5, 5.41) is 16.2. The van der Waals surface area contributed by atoms with Gasteiger partial charge in [0, 0.05) is 17.2 Å². The number of esters is 1. The highest BCUT2D eigenvalue weighted by Gasteiger charge is 2.29. The molecule has 3 aromatic rings. The van der Waals surface area contributed by atoms with E-state index in [1.165, 1.54) is 7.11 Å². The van der Waals surface area contributed by atoms with Crippen LogP contribution in [0.1, 0.15) is 54.3 Å². The number of hydrogen-bond acceptors (Lipinski definition) is 5. The van der Waals surface area contributed by atoms with Gasteiger partial charge in [0.15, 0.2) is 0 Å². The van der Waals surface area contributed by atoms with Gasteiger partial charge in [-0.1, -0.05) is 38.4 Å². The molecule has 0 fully saturated rings. The molecule has 136 valence electrons. The number of carbonyl (C=O) groups excluding carboxylic acids is 1. The summed E-state index contributed by atoms with van der Waals surface area (Å²) in [7, 11) is 1.29. The van der Waals surface area contributed by atoms with E-state index in [2.05, 4.69) is 10.1 Å². The van der Waals surface area contributed by atoms with Crippen molar-refractivity contribution in [2.75, 3.05) is 7.11 Å². The molecule has 3 heterocycles. The predicted molar refractivity (Wildman–Crippen MR) is 98.5 cm³/mol. The predicted octanol–water partition coefficient (Wildman–Crippen LogP) is 3.55. The van der Waals surface area contributed by atoms with Crippen molar-refractivity contribution in [1.29, 1.82) is 0 Å². The van der Waals surface area contributed by atoms with Gasteiger partial charge in [0.2, 0.25) is 0 Å². The molecule has 26 heavy (non-hydrogen) atoms. The van der Waals surface area contributed by atoms with Crippen LogP contribution in [0, 0.1) is 0 Å². The van der Waals surface area contributed by atoms with Gasteiger partial charge in [0.1, 0.15) is 11.8 Å². The highest BCUT2D eigenvalue weighted by atomic mass is 35.5. The van der Waals surface area contributed by atoms with Gasteiger partial charge in [0.05, 0.1) is 29.0 Å². The quantitative estimate of drug-likeness (QED) is 0.710. The van der Waals surface area contributed by atoms with Gasteiger partial charge >= 0.3 is 5.97 Å². The van der Waals surface area contributed by atoms with E-state index in [1.807, 2.05) is 26.8 Å². The van der Waals surface area contributed by atoms with E-state index >= 15 is 0 Å². The van der Waals surface area contributed by atoms with E-state index in [0.717, 1.165) is 11.2 Å². The second-order valence-corrected chi connectivity index (χ2v) is 7.47. The van der Waals surface area contributed by atoms with Crippen LogP contribution >= 0.6 is 11.6 Å². The van der Waals surface area contributed by atoms with Crippen molar-refractivity contribution in [3.05, 3.63) is 64.2 Å². The number of rotatable bonds is 3. The van der Waals surface area contributed by atoms with Crippen LogP contribution in [0.25, 0.3) is 5.52 Å². The van der Waals surface area contributed by atoms with E-state index < -0.39 is 12.1 Å². The zero-order chi connectivity index (χ0) is 19.1. The van der Waals surface area contributed by atoms with Gasteiger partial charge in [-0.25, -0.2) is 14.3 Å². The van der Waals surface area contributed by atoms with Crippen LogP contribution in [0.4, 0.5) is 0 Å². The first-order chi connectivity index (χ1) is 12.2. The Bertz CT molecular complexity index is 976. The first-order valence-corrected chi connectivity index (χ1v) is 8.51. The highest BCUT2D eigenvalue weighted by molar-refractivity contribution is 6.30. The maximum atomic E-state index is 11.8. The summed E-state index contributed by atoms with van der Waals surface area (Å²) < 4.78 is 6.37. The molecule has 0 aliphatic carbocycles. The minimum absolute atomic E-state index is 0.140. The molecule has 3 rings (SSSR count). The fraction of sp³-hybridized carbons (Fsp3) is 0.316. The maximum absolute atomic E-state index is 11.8. The Labute approximate surface area is 156 Å². The van der Waals surface area contributed by atoms with Crippen LogP contribution in [-0.2, 0) is 10.2 Å². The number of halogens is 1. The SMILES string of the molecule is COC(=O)c1cccc(C(O)c2c(C(C)(C)C)nn3cc(Cl)ccc23)n1. The molecular weight excluding hydrogens is 354 g/mol. The van der Waals surface area contributed by atoms with E-state index in [1.54, 1.807) is 35.0 Å². The lowest BCUT2D eigenvalue weighted by Crippen LogP contribution is -2.17. The minimum Gasteiger partial charge on any atom is -0.464 e. The Morgan fingerprint density at radius 1 is 1.27 bits per heavy atom. The van der Waals surface area contributed by atoms with Crippen LogP contribution in [-0.4, -0.2) is 32.8 Å². The standard InChI is InChI=1S/C19H20ClN3O3/c1-19(2,3)17-15(14-9-8-11(20)10-23(14)22-17)16(24)12-6-5-7-13(21-12)18(25)26-4/h5-10,16,24H,1-4H3. The summed E-state index contributed by atoms with van der Waals surface area (Å²) in [4.78, 5) is 16.0. The van der Waals surface area contributed by atoms with Crippen LogP contribution in [0.2, 0.25) is 5.02 Å². The second-order valence-electron chi connectivity index (χ2n) is 7.03. The maximum Gasteiger partial charge on any atom is 0.356 e. The van der Waals surface area contributed by atoms with Crippen LogP contribution in [0.5, 0.6) is 0 Å². The fourth-order valence-corrected chi connectivity index (χ4v) is 2.99. The van der Waals surface area contributed by atoms with Gasteiger partial charge in [-0.15, -0.1) is 0 Å². The summed E-state index contributed by atoms with van der Waals surface area (Å²) in [5.41, 5.74) is 2.29. The van der Waals surface area contributed by atoms with Gasteiger partial charge in [-0.3, -0.25) is 0 Å². The number of pyridine rings is 2. The average molecular weight is 374 g/mol. The second kappa shape index (κ2) is 6.70. The molecule has 6 nitrogen and oxygen atoms in total. The third-order valence-electron chi connectivity index (χ3n) is 4.06. The summed E-state index contributed by atoms with van der Waals surface area (Å²) in [6.45, 7) is 6.06. The van der Waals surface area contributed by atoms with Gasteiger partial charge in [-0.05, 0) is 24.3 Å².